The second kappa shape index (κ2) is 4.52. The normalized spacial score (nSPS) is 21.4. The zero-order valence-corrected chi connectivity index (χ0v) is 9.90. The first-order valence-corrected chi connectivity index (χ1v) is 6.66. The molecule has 0 spiro atoms. The van der Waals surface area contributed by atoms with E-state index in [1.54, 1.807) is 7.05 Å². The van der Waals surface area contributed by atoms with E-state index in [0.29, 0.717) is 6.54 Å². The first-order valence-electron chi connectivity index (χ1n) is 5.18. The summed E-state index contributed by atoms with van der Waals surface area (Å²) in [5.74, 6) is 0. The summed E-state index contributed by atoms with van der Waals surface area (Å²) in [6.07, 6.45) is 4.72. The van der Waals surface area contributed by atoms with Crippen LogP contribution in [0.1, 0.15) is 12.8 Å². The second-order valence-corrected chi connectivity index (χ2v) is 5.60. The van der Waals surface area contributed by atoms with Gasteiger partial charge in [0.15, 0.2) is 0 Å². The Kier molecular flexibility index (Phi) is 3.27. The Morgan fingerprint density at radius 3 is 3.06 bits per heavy atom. The fraction of sp³-hybridized carbons (Fsp3) is 0.667. The molecule has 1 aromatic heterocycles. The van der Waals surface area contributed by atoms with Crippen LogP contribution in [0.3, 0.4) is 0 Å². The molecule has 1 aromatic rings. The van der Waals surface area contributed by atoms with E-state index >= 15 is 0 Å². The van der Waals surface area contributed by atoms with Crippen LogP contribution in [-0.2, 0) is 21.8 Å². The number of sulfonamides is 1. The zero-order chi connectivity index (χ0) is 11.6. The highest BCUT2D eigenvalue weighted by atomic mass is 32.2. The van der Waals surface area contributed by atoms with E-state index in [1.807, 2.05) is 0 Å². The minimum atomic E-state index is -3.44. The number of nitrogens with zero attached hydrogens (tertiary/aromatic N) is 2. The van der Waals surface area contributed by atoms with Gasteiger partial charge in [-0.25, -0.2) is 13.1 Å². The molecule has 1 N–H and O–H groups in total. The molecule has 1 saturated heterocycles. The van der Waals surface area contributed by atoms with Crippen molar-refractivity contribution in [3.05, 3.63) is 12.4 Å². The summed E-state index contributed by atoms with van der Waals surface area (Å²) < 4.78 is 32.9. The molecule has 0 bridgehead atoms. The number of nitrogens with one attached hydrogen (secondary N) is 1. The van der Waals surface area contributed by atoms with Crippen LogP contribution in [0.15, 0.2) is 17.3 Å². The van der Waals surface area contributed by atoms with Gasteiger partial charge in [-0.2, -0.15) is 5.10 Å². The Hall–Kier alpha value is -0.920. The highest BCUT2D eigenvalue weighted by Crippen LogP contribution is 2.12. The van der Waals surface area contributed by atoms with Crippen molar-refractivity contribution in [2.75, 3.05) is 13.2 Å². The van der Waals surface area contributed by atoms with Crippen molar-refractivity contribution >= 4 is 10.0 Å². The summed E-state index contributed by atoms with van der Waals surface area (Å²) in [7, 11) is -1.76. The number of hydrogen-bond acceptors (Lipinski definition) is 4. The molecule has 0 amide bonds. The lowest BCUT2D eigenvalue weighted by Gasteiger charge is -2.09. The number of aryl methyl sites for hydroxylation is 1. The van der Waals surface area contributed by atoms with E-state index in [0.717, 1.165) is 19.4 Å². The summed E-state index contributed by atoms with van der Waals surface area (Å²) in [4.78, 5) is 0.188. The lowest BCUT2D eigenvalue weighted by molar-refractivity contribution is 0.114. The largest absolute Gasteiger partial charge is 0.377 e. The van der Waals surface area contributed by atoms with Crippen LogP contribution in [-0.4, -0.2) is 37.5 Å². The average molecular weight is 245 g/mol. The molecule has 2 heterocycles. The molecule has 1 atom stereocenters. The maximum absolute atomic E-state index is 11.8. The molecule has 0 aromatic carbocycles. The van der Waals surface area contributed by atoms with Crippen LogP contribution in [0.4, 0.5) is 0 Å². The van der Waals surface area contributed by atoms with Gasteiger partial charge >= 0.3 is 0 Å². The first-order chi connectivity index (χ1) is 7.58. The molecule has 1 unspecified atom stereocenters. The molecule has 2 rings (SSSR count). The third-order valence-corrected chi connectivity index (χ3v) is 3.89. The predicted octanol–water partition coefficient (Wildman–Crippen LogP) is -0.123. The van der Waals surface area contributed by atoms with Crippen molar-refractivity contribution < 1.29 is 13.2 Å². The van der Waals surface area contributed by atoms with Gasteiger partial charge in [0.1, 0.15) is 4.90 Å². The van der Waals surface area contributed by atoms with Gasteiger partial charge in [0.2, 0.25) is 10.0 Å². The third kappa shape index (κ3) is 2.60. The van der Waals surface area contributed by atoms with E-state index in [-0.39, 0.29) is 11.0 Å². The number of rotatable bonds is 4. The van der Waals surface area contributed by atoms with E-state index in [2.05, 4.69) is 9.82 Å². The SMILES string of the molecule is Cn1cc(S(=O)(=O)NCC2CCCO2)cn1. The minimum absolute atomic E-state index is 0.00597. The molecule has 0 radical (unpaired) electrons. The van der Waals surface area contributed by atoms with Crippen LogP contribution in [0.2, 0.25) is 0 Å². The van der Waals surface area contributed by atoms with Gasteiger partial charge in [-0.1, -0.05) is 0 Å². The van der Waals surface area contributed by atoms with E-state index in [9.17, 15) is 8.42 Å². The van der Waals surface area contributed by atoms with Gasteiger partial charge in [0.25, 0.3) is 0 Å². The molecule has 1 fully saturated rings. The summed E-state index contributed by atoms with van der Waals surface area (Å²) in [6.45, 7) is 1.05. The quantitative estimate of drug-likeness (QED) is 0.802. The van der Waals surface area contributed by atoms with Crippen molar-refractivity contribution in [1.82, 2.24) is 14.5 Å². The summed E-state index contributed by atoms with van der Waals surface area (Å²) in [5, 5.41) is 3.83. The van der Waals surface area contributed by atoms with Crippen molar-refractivity contribution in [3.8, 4) is 0 Å². The van der Waals surface area contributed by atoms with E-state index in [4.69, 9.17) is 4.74 Å². The van der Waals surface area contributed by atoms with Gasteiger partial charge in [-0.15, -0.1) is 0 Å². The molecule has 0 aliphatic carbocycles. The Balaban J connectivity index is 1.97. The fourth-order valence-corrected chi connectivity index (χ4v) is 2.68. The molecular weight excluding hydrogens is 230 g/mol. The maximum Gasteiger partial charge on any atom is 0.243 e. The van der Waals surface area contributed by atoms with E-state index < -0.39 is 10.0 Å². The van der Waals surface area contributed by atoms with E-state index in [1.165, 1.54) is 17.1 Å². The highest BCUT2D eigenvalue weighted by molar-refractivity contribution is 7.89. The first kappa shape index (κ1) is 11.6. The summed E-state index contributed by atoms with van der Waals surface area (Å²) >= 11 is 0. The average Bonchev–Trinajstić information content (AvgIpc) is 2.85. The van der Waals surface area contributed by atoms with Crippen LogP contribution >= 0.6 is 0 Å². The summed E-state index contributed by atoms with van der Waals surface area (Å²) in [5.41, 5.74) is 0. The monoisotopic (exact) mass is 245 g/mol. The van der Waals surface area contributed by atoms with Gasteiger partial charge in [-0.05, 0) is 12.8 Å². The number of hydrogen-bond donors (Lipinski definition) is 1. The second-order valence-electron chi connectivity index (χ2n) is 3.84. The number of ether oxygens (including phenoxy) is 1. The van der Waals surface area contributed by atoms with Crippen molar-refractivity contribution in [2.45, 2.75) is 23.8 Å². The molecule has 6 nitrogen and oxygen atoms in total. The molecule has 0 saturated carbocycles. The molecule has 16 heavy (non-hydrogen) atoms. The lowest BCUT2D eigenvalue weighted by Crippen LogP contribution is -2.31. The zero-order valence-electron chi connectivity index (χ0n) is 9.09. The van der Waals surface area contributed by atoms with Gasteiger partial charge in [-0.3, -0.25) is 4.68 Å². The smallest absolute Gasteiger partial charge is 0.243 e. The van der Waals surface area contributed by atoms with Crippen LogP contribution in [0, 0.1) is 0 Å². The molecule has 1 aliphatic heterocycles. The summed E-state index contributed by atoms with van der Waals surface area (Å²) in [6, 6.07) is 0. The maximum atomic E-state index is 11.8. The van der Waals surface area contributed by atoms with Gasteiger partial charge < -0.3 is 4.74 Å². The Morgan fingerprint density at radius 1 is 1.69 bits per heavy atom. The fourth-order valence-electron chi connectivity index (χ4n) is 1.63. The van der Waals surface area contributed by atoms with Crippen LogP contribution in [0.25, 0.3) is 0 Å². The van der Waals surface area contributed by atoms with Crippen LogP contribution in [0.5, 0.6) is 0 Å². The Bertz CT molecular complexity index is 448. The van der Waals surface area contributed by atoms with Gasteiger partial charge in [0.05, 0.1) is 12.3 Å². The predicted molar refractivity (Wildman–Crippen MR) is 57.4 cm³/mol. The van der Waals surface area contributed by atoms with Crippen LogP contribution < -0.4 is 4.72 Å². The molecule has 1 aliphatic rings. The molecular formula is C9H15N3O3S. The molecule has 7 heteroatoms. The van der Waals surface area contributed by atoms with Crippen molar-refractivity contribution in [3.63, 3.8) is 0 Å². The Labute approximate surface area is 94.6 Å². The standard InChI is InChI=1S/C9H15N3O3S/c1-12-7-9(6-10-12)16(13,14)11-5-8-3-2-4-15-8/h6-8,11H,2-5H2,1H3. The Morgan fingerprint density at radius 2 is 2.50 bits per heavy atom. The minimum Gasteiger partial charge on any atom is -0.377 e. The van der Waals surface area contributed by atoms with Crippen molar-refractivity contribution in [1.29, 1.82) is 0 Å². The topological polar surface area (TPSA) is 73.2 Å². The lowest BCUT2D eigenvalue weighted by atomic mass is 10.2. The van der Waals surface area contributed by atoms with Gasteiger partial charge in [0, 0.05) is 26.4 Å². The van der Waals surface area contributed by atoms with Crippen molar-refractivity contribution in [2.24, 2.45) is 7.05 Å². The highest BCUT2D eigenvalue weighted by Gasteiger charge is 2.20. The molecule has 90 valence electrons. The third-order valence-electron chi connectivity index (χ3n) is 2.52. The number of aromatic nitrogens is 2.